The van der Waals surface area contributed by atoms with Crippen LogP contribution >= 0.6 is 23.5 Å². The number of β-lactam (4-membered cyclic amide) rings is 1. The number of hydrogen-bond donors (Lipinski definition) is 4. The number of aromatic nitrogens is 2. The lowest BCUT2D eigenvalue weighted by Crippen LogP contribution is -2.70. The molecule has 3 aromatic rings. The molecule has 5 heterocycles. The van der Waals surface area contributed by atoms with Crippen molar-refractivity contribution in [2.24, 2.45) is 12.0 Å². The molecule has 1 saturated heterocycles. The Morgan fingerprint density at radius 3 is 2.77 bits per heavy atom. The van der Waals surface area contributed by atoms with Crippen molar-refractivity contribution in [3.05, 3.63) is 89.0 Å². The Kier molecular flexibility index (Phi) is 8.28. The van der Waals surface area contributed by atoms with Gasteiger partial charge in [-0.05, 0) is 85.2 Å². The van der Waals surface area contributed by atoms with Crippen LogP contribution in [0.2, 0.25) is 0 Å². The number of H-pyrrole nitrogens is 1. The Labute approximate surface area is 263 Å². The molecule has 0 spiro atoms. The number of anilines is 1. The number of carboxylic acid groups (broad SMARTS) is 1. The third kappa shape index (κ3) is 5.87. The molecule has 2 atom stereocenters. The third-order valence-corrected chi connectivity index (χ3v) is 10.3. The molecule has 2 unspecified atom stereocenters. The highest BCUT2D eigenvalue weighted by molar-refractivity contribution is 8.01. The summed E-state index contributed by atoms with van der Waals surface area (Å²) < 4.78 is 2.12. The number of carbonyl (C=O) groups is 3. The maximum Gasteiger partial charge on any atom is 0.352 e. The summed E-state index contributed by atoms with van der Waals surface area (Å²) in [5.74, 6) is -0.897. The lowest BCUT2D eigenvalue weighted by Gasteiger charge is -2.49. The maximum atomic E-state index is 13.0. The predicted molar refractivity (Wildman–Crippen MR) is 175 cm³/mol. The second kappa shape index (κ2) is 12.3. The zero-order valence-electron chi connectivity index (χ0n) is 24.2. The van der Waals surface area contributed by atoms with Crippen molar-refractivity contribution in [2.45, 2.75) is 36.1 Å². The van der Waals surface area contributed by atoms with Crippen LogP contribution in [0.5, 0.6) is 0 Å². The zero-order chi connectivity index (χ0) is 31.0. The molecule has 2 aromatic heterocycles. The molecule has 0 bridgehead atoms. The van der Waals surface area contributed by atoms with Crippen LogP contribution in [0, 0.1) is 6.92 Å². The Morgan fingerprint density at radius 1 is 1.25 bits per heavy atom. The number of aryl methyl sites for hydroxylation is 1. The number of nitrogen functional groups attached to an aromatic ring is 1. The van der Waals surface area contributed by atoms with E-state index in [2.05, 4.69) is 27.9 Å². The van der Waals surface area contributed by atoms with Crippen LogP contribution in [0.3, 0.4) is 0 Å². The number of aliphatic carboxylic acids is 1. The van der Waals surface area contributed by atoms with Gasteiger partial charge in [-0.25, -0.2) is 4.79 Å². The molecule has 0 saturated carbocycles. The summed E-state index contributed by atoms with van der Waals surface area (Å²) in [5.41, 5.74) is 13.0. The Bertz CT molecular complexity index is 1750. The summed E-state index contributed by atoms with van der Waals surface area (Å²) in [6, 6.07) is 12.7. The highest BCUT2D eigenvalue weighted by atomic mass is 32.2. The minimum atomic E-state index is -1.14. The second-order valence-corrected chi connectivity index (χ2v) is 13.0. The number of fused-ring (bicyclic) bond motifs is 1. The van der Waals surface area contributed by atoms with E-state index in [4.69, 9.17) is 10.7 Å². The van der Waals surface area contributed by atoms with Crippen molar-refractivity contribution in [3.8, 4) is 11.4 Å². The van der Waals surface area contributed by atoms with Gasteiger partial charge >= 0.3 is 5.97 Å². The molecule has 6 rings (SSSR count). The van der Waals surface area contributed by atoms with E-state index < -0.39 is 23.3 Å². The Morgan fingerprint density at radius 2 is 2.05 bits per heavy atom. The molecule has 2 amide bonds. The summed E-state index contributed by atoms with van der Waals surface area (Å²) in [6.45, 7) is 2.07. The number of amides is 2. The second-order valence-electron chi connectivity index (χ2n) is 10.8. The molecule has 10 nitrogen and oxygen atoms in total. The zero-order valence-corrected chi connectivity index (χ0v) is 25.9. The van der Waals surface area contributed by atoms with E-state index in [-0.39, 0.29) is 18.0 Å². The number of allylic oxidation sites excluding steroid dienone is 2. The van der Waals surface area contributed by atoms with Crippen molar-refractivity contribution in [3.63, 3.8) is 0 Å². The number of nitrogens with one attached hydrogen (secondary N) is 2. The van der Waals surface area contributed by atoms with Crippen molar-refractivity contribution in [2.75, 3.05) is 17.2 Å². The van der Waals surface area contributed by atoms with Gasteiger partial charge in [0, 0.05) is 53.2 Å². The molecule has 0 radical (unpaired) electrons. The lowest BCUT2D eigenvalue weighted by molar-refractivity contribution is -0.150. The normalized spacial score (nSPS) is 20.1. The molecular weight excluding hydrogens is 597 g/mol. The standard InChI is InChI=1S/C32H32N6O4S2/c1-18-14-26(24-4-3-13-34-24)37(2)25(18)15-22-8-7-21(35-22)9-12-27(39)36-28-30(40)38-29(32(41)42)19(17-44-31(28)38)16-43-23-10-5-20(33)6-11-23/h3-8,10-11,13-15,28,31,34H,9,12,16-17,33H2,1-2H3,(H,36,39)(H,41,42)/b22-15-. The molecule has 44 heavy (non-hydrogen) atoms. The molecule has 1 aromatic carbocycles. The van der Waals surface area contributed by atoms with Gasteiger partial charge in [-0.15, -0.1) is 23.5 Å². The molecule has 1 fully saturated rings. The largest absolute Gasteiger partial charge is 0.477 e. The van der Waals surface area contributed by atoms with Crippen LogP contribution in [-0.4, -0.2) is 66.0 Å². The number of nitrogens with zero attached hydrogens (tertiary/aromatic N) is 3. The van der Waals surface area contributed by atoms with E-state index >= 15 is 0 Å². The van der Waals surface area contributed by atoms with Crippen LogP contribution in [0.25, 0.3) is 17.5 Å². The van der Waals surface area contributed by atoms with Crippen molar-refractivity contribution in [1.29, 1.82) is 0 Å². The van der Waals surface area contributed by atoms with Gasteiger partial charge < -0.3 is 25.7 Å². The van der Waals surface area contributed by atoms with Gasteiger partial charge in [-0.1, -0.05) is 0 Å². The SMILES string of the molecule is Cc1cc(-c2ccc[nH]2)n(C)c1/C=C1/C=CC(CCC(=O)NC2C(=O)N3C(C(=O)O)=C(CSc4ccc(N)cc4)CSC23)=N1. The van der Waals surface area contributed by atoms with E-state index in [1.807, 2.05) is 55.7 Å². The average Bonchev–Trinajstić information content (AvgIpc) is 3.76. The predicted octanol–water partition coefficient (Wildman–Crippen LogP) is 4.57. The topological polar surface area (TPSA) is 146 Å². The van der Waals surface area contributed by atoms with Crippen molar-refractivity contribution < 1.29 is 19.5 Å². The van der Waals surface area contributed by atoms with Gasteiger partial charge in [0.1, 0.15) is 17.1 Å². The fourth-order valence-corrected chi connectivity index (χ4v) is 7.91. The third-order valence-electron chi connectivity index (χ3n) is 7.83. The Hall–Kier alpha value is -4.42. The van der Waals surface area contributed by atoms with Crippen LogP contribution < -0.4 is 11.1 Å². The highest BCUT2D eigenvalue weighted by Gasteiger charge is 2.54. The first-order chi connectivity index (χ1) is 21.2. The van der Waals surface area contributed by atoms with Crippen LogP contribution in [0.15, 0.2) is 87.7 Å². The molecule has 12 heteroatoms. The quantitative estimate of drug-likeness (QED) is 0.146. The van der Waals surface area contributed by atoms with E-state index in [1.165, 1.54) is 28.4 Å². The van der Waals surface area contributed by atoms with E-state index in [0.29, 0.717) is 29.2 Å². The van der Waals surface area contributed by atoms with E-state index in [1.54, 1.807) is 12.1 Å². The average molecular weight is 629 g/mol. The van der Waals surface area contributed by atoms with Gasteiger partial charge in [0.05, 0.1) is 17.1 Å². The lowest BCUT2D eigenvalue weighted by atomic mass is 10.0. The highest BCUT2D eigenvalue weighted by Crippen LogP contribution is 2.41. The number of carbonyl (C=O) groups excluding carboxylic acids is 2. The van der Waals surface area contributed by atoms with Crippen molar-refractivity contribution in [1.82, 2.24) is 19.8 Å². The number of thioether (sulfide) groups is 2. The van der Waals surface area contributed by atoms with Gasteiger partial charge in [0.25, 0.3) is 5.91 Å². The molecule has 0 aliphatic carbocycles. The molecule has 3 aliphatic rings. The number of nitrogens with two attached hydrogens (primary N) is 1. The van der Waals surface area contributed by atoms with E-state index in [9.17, 15) is 19.5 Å². The first-order valence-corrected chi connectivity index (χ1v) is 16.2. The van der Waals surface area contributed by atoms with E-state index in [0.717, 1.165) is 38.9 Å². The van der Waals surface area contributed by atoms with Crippen LogP contribution in [-0.2, 0) is 21.4 Å². The summed E-state index contributed by atoms with van der Waals surface area (Å²) in [4.78, 5) is 48.3. The minimum absolute atomic E-state index is 0.0189. The van der Waals surface area contributed by atoms with Gasteiger partial charge in [-0.3, -0.25) is 19.5 Å². The summed E-state index contributed by atoms with van der Waals surface area (Å²) in [5, 5.41) is 12.3. The fourth-order valence-electron chi connectivity index (χ4n) is 5.53. The summed E-state index contributed by atoms with van der Waals surface area (Å²) in [6.07, 6.45) is 8.37. The summed E-state index contributed by atoms with van der Waals surface area (Å²) in [7, 11) is 2.02. The fraction of sp³-hybridized carbons (Fsp3) is 0.250. The number of benzene rings is 1. The number of aliphatic imine (C=N–C) groups is 1. The van der Waals surface area contributed by atoms with Gasteiger partial charge in [-0.2, -0.15) is 0 Å². The Balaban J connectivity index is 1.04. The van der Waals surface area contributed by atoms with Gasteiger partial charge in [0.2, 0.25) is 5.91 Å². The number of rotatable bonds is 10. The van der Waals surface area contributed by atoms with Crippen LogP contribution in [0.1, 0.15) is 24.1 Å². The first kappa shape index (κ1) is 29.6. The minimum Gasteiger partial charge on any atom is -0.477 e. The molecule has 3 aliphatic heterocycles. The number of carboxylic acids is 1. The molecule has 5 N–H and O–H groups in total. The monoisotopic (exact) mass is 628 g/mol. The maximum absolute atomic E-state index is 13.0. The summed E-state index contributed by atoms with van der Waals surface area (Å²) >= 11 is 2.97. The van der Waals surface area contributed by atoms with Crippen LogP contribution in [0.4, 0.5) is 5.69 Å². The van der Waals surface area contributed by atoms with Crippen molar-refractivity contribution >= 4 is 58.8 Å². The first-order valence-electron chi connectivity index (χ1n) is 14.1. The molecule has 226 valence electrons. The molecular formula is C32H32N6O4S2. The smallest absolute Gasteiger partial charge is 0.352 e. The number of aromatic amines is 1. The number of hydrogen-bond acceptors (Lipinski definition) is 7. The van der Waals surface area contributed by atoms with Gasteiger partial charge in [0.15, 0.2) is 0 Å².